The molecule has 6 aliphatic rings. The quantitative estimate of drug-likeness (QED) is 0.400. The molecule has 5 saturated carbocycles. The van der Waals surface area contributed by atoms with Crippen LogP contribution < -0.4 is 0 Å². The van der Waals surface area contributed by atoms with Gasteiger partial charge in [0.1, 0.15) is 0 Å². The molecule has 0 unspecified atom stereocenters. The first-order chi connectivity index (χ1) is 17.3. The van der Waals surface area contributed by atoms with Gasteiger partial charge in [-0.2, -0.15) is 13.2 Å². The number of rotatable bonds is 4. The summed E-state index contributed by atoms with van der Waals surface area (Å²) < 4.78 is 46.4. The normalized spacial score (nSPS) is 48.6. The van der Waals surface area contributed by atoms with Crippen molar-refractivity contribution < 1.29 is 28.1 Å². The van der Waals surface area contributed by atoms with Crippen molar-refractivity contribution >= 4 is 0 Å². The predicted octanol–water partition coefficient (Wildman–Crippen LogP) is 7.43. The molecule has 0 bridgehead atoms. The molecule has 8 atom stereocenters. The lowest BCUT2D eigenvalue weighted by Crippen LogP contribution is -2.59. The van der Waals surface area contributed by atoms with Gasteiger partial charge in [-0.1, -0.05) is 20.3 Å². The van der Waals surface area contributed by atoms with Gasteiger partial charge in [0.25, 0.3) is 0 Å². The van der Waals surface area contributed by atoms with Crippen molar-refractivity contribution in [3.05, 3.63) is 0 Å². The molecule has 1 spiro atoms. The maximum Gasteiger partial charge on any atom is 0.417 e. The SMILES string of the molecule is C[C@]12CC[C@@](O)(C(F)(F)F)C[C@@H]1CC[C@@H]1[C@@H]2CC[C@]2(C)[C@H](CCCC3(O)CCC4(CC3)COC4)CC[C@@H]12. The van der Waals surface area contributed by atoms with E-state index in [2.05, 4.69) is 13.8 Å². The Hall–Kier alpha value is -0.330. The van der Waals surface area contributed by atoms with Crippen LogP contribution >= 0.6 is 0 Å². The van der Waals surface area contributed by atoms with Crippen molar-refractivity contribution in [3.63, 3.8) is 0 Å². The number of ether oxygens (including phenoxy) is 1. The van der Waals surface area contributed by atoms with Crippen molar-refractivity contribution in [3.8, 4) is 0 Å². The maximum atomic E-state index is 13.6. The van der Waals surface area contributed by atoms with Crippen LogP contribution in [0.2, 0.25) is 0 Å². The molecule has 0 aromatic heterocycles. The first-order valence-electron chi connectivity index (χ1n) is 15.4. The highest BCUT2D eigenvalue weighted by atomic mass is 19.4. The molecule has 1 aliphatic heterocycles. The third-order valence-electron chi connectivity index (χ3n) is 13.7. The fourth-order valence-corrected chi connectivity index (χ4v) is 10.9. The van der Waals surface area contributed by atoms with Gasteiger partial charge in [-0.05, 0) is 137 Å². The van der Waals surface area contributed by atoms with Gasteiger partial charge in [-0.25, -0.2) is 0 Å². The molecule has 0 aromatic carbocycles. The zero-order valence-corrected chi connectivity index (χ0v) is 23.1. The average Bonchev–Trinajstić information content (AvgIpc) is 3.15. The number of fused-ring (bicyclic) bond motifs is 5. The number of hydrogen-bond donors (Lipinski definition) is 2. The van der Waals surface area contributed by atoms with Crippen LogP contribution in [-0.4, -0.2) is 40.8 Å². The summed E-state index contributed by atoms with van der Waals surface area (Å²) in [5.74, 6) is 2.52. The van der Waals surface area contributed by atoms with Crippen molar-refractivity contribution in [1.29, 1.82) is 0 Å². The van der Waals surface area contributed by atoms with Gasteiger partial charge in [-0.15, -0.1) is 0 Å². The topological polar surface area (TPSA) is 49.7 Å². The van der Waals surface area contributed by atoms with Crippen molar-refractivity contribution in [2.45, 2.75) is 134 Å². The third-order valence-corrected chi connectivity index (χ3v) is 13.7. The minimum atomic E-state index is -4.52. The highest BCUT2D eigenvalue weighted by Gasteiger charge is 2.65. The lowest BCUT2D eigenvalue weighted by atomic mass is 9.43. The Balaban J connectivity index is 1.07. The van der Waals surface area contributed by atoms with Crippen molar-refractivity contribution in [1.82, 2.24) is 0 Å². The fraction of sp³-hybridized carbons (Fsp3) is 1.00. The van der Waals surface area contributed by atoms with E-state index in [1.54, 1.807) is 0 Å². The van der Waals surface area contributed by atoms with Crippen LogP contribution in [0.1, 0.15) is 117 Å². The van der Waals surface area contributed by atoms with Gasteiger partial charge in [0.15, 0.2) is 5.60 Å². The highest BCUT2D eigenvalue weighted by molar-refractivity contribution is 5.11. The molecule has 1 saturated heterocycles. The first-order valence-corrected chi connectivity index (χ1v) is 15.4. The lowest BCUT2D eigenvalue weighted by Gasteiger charge is -2.62. The highest BCUT2D eigenvalue weighted by Crippen LogP contribution is 2.69. The number of alkyl halides is 3. The lowest BCUT2D eigenvalue weighted by molar-refractivity contribution is -0.290. The summed E-state index contributed by atoms with van der Waals surface area (Å²) in [7, 11) is 0. The van der Waals surface area contributed by atoms with Gasteiger partial charge >= 0.3 is 6.18 Å². The molecule has 0 amide bonds. The van der Waals surface area contributed by atoms with Crippen LogP contribution in [0.5, 0.6) is 0 Å². The Morgan fingerprint density at radius 2 is 1.49 bits per heavy atom. The zero-order valence-electron chi connectivity index (χ0n) is 23.1. The van der Waals surface area contributed by atoms with Gasteiger partial charge in [-0.3, -0.25) is 0 Å². The van der Waals surface area contributed by atoms with Crippen LogP contribution in [0.4, 0.5) is 13.2 Å². The molecular formula is C31H49F3O3. The van der Waals surface area contributed by atoms with E-state index in [1.807, 2.05) is 0 Å². The summed E-state index contributed by atoms with van der Waals surface area (Å²) in [6.07, 6.45) is 9.82. The minimum Gasteiger partial charge on any atom is -0.390 e. The summed E-state index contributed by atoms with van der Waals surface area (Å²) in [5, 5.41) is 21.7. The zero-order chi connectivity index (χ0) is 26.3. The van der Waals surface area contributed by atoms with E-state index in [0.717, 1.165) is 71.0 Å². The van der Waals surface area contributed by atoms with Crippen molar-refractivity contribution in [2.75, 3.05) is 13.2 Å². The van der Waals surface area contributed by atoms with Crippen LogP contribution in [0, 0.1) is 45.8 Å². The standard InChI is InChI=1S/C31H49F3O3/c1-26-11-9-25-23(7-5-22-18-30(36,31(32,33)34)17-12-27(22,25)2)24(26)8-6-21(26)4-3-10-29(35)15-13-28(14-16-29)19-37-20-28/h21-25,35-36H,3-20H2,1-2H3/t21-,22+,23+,24+,25+,26-,27+,30+/m1/s1. The van der Waals surface area contributed by atoms with Crippen LogP contribution in [0.3, 0.4) is 0 Å². The van der Waals surface area contributed by atoms with Gasteiger partial charge < -0.3 is 14.9 Å². The van der Waals surface area contributed by atoms with Crippen LogP contribution in [-0.2, 0) is 4.74 Å². The summed E-state index contributed by atoms with van der Waals surface area (Å²) in [6.45, 7) is 6.56. The fourth-order valence-electron chi connectivity index (χ4n) is 10.9. The third kappa shape index (κ3) is 4.24. The Kier molecular flexibility index (Phi) is 6.41. The molecular weight excluding hydrogens is 477 g/mol. The van der Waals surface area contributed by atoms with E-state index in [1.165, 1.54) is 25.7 Å². The van der Waals surface area contributed by atoms with E-state index in [9.17, 15) is 23.4 Å². The Morgan fingerprint density at radius 3 is 2.14 bits per heavy atom. The van der Waals surface area contributed by atoms with Gasteiger partial charge in [0.2, 0.25) is 0 Å². The first kappa shape index (κ1) is 26.9. The summed E-state index contributed by atoms with van der Waals surface area (Å²) in [6, 6.07) is 0. The number of halogens is 3. The molecule has 212 valence electrons. The smallest absolute Gasteiger partial charge is 0.390 e. The van der Waals surface area contributed by atoms with E-state index in [4.69, 9.17) is 4.74 Å². The maximum absolute atomic E-state index is 13.6. The molecule has 6 rings (SSSR count). The molecule has 6 heteroatoms. The molecule has 6 fully saturated rings. The summed E-state index contributed by atoms with van der Waals surface area (Å²) in [4.78, 5) is 0. The molecule has 5 aliphatic carbocycles. The molecule has 0 aromatic rings. The second-order valence-electron chi connectivity index (χ2n) is 15.3. The van der Waals surface area contributed by atoms with Crippen molar-refractivity contribution in [2.24, 2.45) is 45.8 Å². The molecule has 3 nitrogen and oxygen atoms in total. The predicted molar refractivity (Wildman–Crippen MR) is 137 cm³/mol. The van der Waals surface area contributed by atoms with Crippen LogP contribution in [0.25, 0.3) is 0 Å². The second kappa shape index (κ2) is 8.83. The minimum absolute atomic E-state index is 0.0162. The van der Waals surface area contributed by atoms with E-state index < -0.39 is 17.4 Å². The second-order valence-corrected chi connectivity index (χ2v) is 15.3. The molecule has 0 radical (unpaired) electrons. The largest absolute Gasteiger partial charge is 0.417 e. The summed E-state index contributed by atoms with van der Waals surface area (Å²) >= 11 is 0. The number of hydrogen-bond acceptors (Lipinski definition) is 3. The Labute approximate surface area is 221 Å². The molecule has 37 heavy (non-hydrogen) atoms. The van der Waals surface area contributed by atoms with Gasteiger partial charge in [0, 0.05) is 5.41 Å². The molecule has 1 heterocycles. The Bertz CT molecular complexity index is 860. The van der Waals surface area contributed by atoms with E-state index >= 15 is 0 Å². The van der Waals surface area contributed by atoms with Crippen LogP contribution in [0.15, 0.2) is 0 Å². The van der Waals surface area contributed by atoms with Gasteiger partial charge in [0.05, 0.1) is 18.8 Å². The monoisotopic (exact) mass is 526 g/mol. The van der Waals surface area contributed by atoms with E-state index in [-0.39, 0.29) is 24.2 Å². The number of aliphatic hydroxyl groups is 2. The Morgan fingerprint density at radius 1 is 0.784 bits per heavy atom. The summed E-state index contributed by atoms with van der Waals surface area (Å²) in [5.41, 5.74) is -2.32. The van der Waals surface area contributed by atoms with E-state index in [0.29, 0.717) is 40.9 Å². The molecule has 2 N–H and O–H groups in total. The average molecular weight is 527 g/mol.